The maximum absolute atomic E-state index is 13.2. The minimum absolute atomic E-state index is 0.0126. The molecule has 1 amide bonds. The second-order valence-electron chi connectivity index (χ2n) is 7.90. The SMILES string of the molecule is COc1ccccc1/C(O)=C1/C(=O)C(=O)N(c2ccc(C(C)C)cc2)C1c1ccncc1. The minimum Gasteiger partial charge on any atom is -0.507 e. The van der Waals surface area contributed by atoms with Gasteiger partial charge < -0.3 is 9.84 Å². The second-order valence-corrected chi connectivity index (χ2v) is 7.90. The Balaban J connectivity index is 1.92. The number of hydrogen-bond donors (Lipinski definition) is 1. The normalized spacial score (nSPS) is 17.8. The van der Waals surface area contributed by atoms with Gasteiger partial charge in [-0.15, -0.1) is 0 Å². The van der Waals surface area contributed by atoms with Gasteiger partial charge in [0.05, 0.1) is 24.3 Å². The van der Waals surface area contributed by atoms with E-state index in [0.717, 1.165) is 5.56 Å². The molecule has 1 saturated heterocycles. The second kappa shape index (κ2) is 8.67. The van der Waals surface area contributed by atoms with Crippen LogP contribution in [0.1, 0.15) is 42.5 Å². The third kappa shape index (κ3) is 3.64. The molecular weight excluding hydrogens is 404 g/mol. The van der Waals surface area contributed by atoms with E-state index in [2.05, 4.69) is 18.8 Å². The molecule has 0 saturated carbocycles. The molecule has 1 N–H and O–H groups in total. The number of nitrogens with zero attached hydrogens (tertiary/aromatic N) is 2. The fourth-order valence-corrected chi connectivity index (χ4v) is 3.97. The lowest BCUT2D eigenvalue weighted by atomic mass is 9.95. The zero-order valence-electron chi connectivity index (χ0n) is 18.1. The van der Waals surface area contributed by atoms with Crippen LogP contribution < -0.4 is 9.64 Å². The molecule has 32 heavy (non-hydrogen) atoms. The number of hydrogen-bond acceptors (Lipinski definition) is 5. The van der Waals surface area contributed by atoms with E-state index in [9.17, 15) is 14.7 Å². The maximum Gasteiger partial charge on any atom is 0.300 e. The van der Waals surface area contributed by atoms with Gasteiger partial charge in [0.25, 0.3) is 11.7 Å². The van der Waals surface area contributed by atoms with Crippen molar-refractivity contribution in [3.05, 3.63) is 95.3 Å². The average Bonchev–Trinajstić information content (AvgIpc) is 3.09. The van der Waals surface area contributed by atoms with Gasteiger partial charge in [-0.3, -0.25) is 19.5 Å². The molecule has 1 atom stereocenters. The molecule has 0 spiro atoms. The van der Waals surface area contributed by atoms with Crippen LogP contribution in [-0.4, -0.2) is 28.9 Å². The van der Waals surface area contributed by atoms with Gasteiger partial charge in [0.1, 0.15) is 11.5 Å². The van der Waals surface area contributed by atoms with Crippen LogP contribution in [0.5, 0.6) is 5.75 Å². The van der Waals surface area contributed by atoms with Crippen LogP contribution in [0, 0.1) is 0 Å². The van der Waals surface area contributed by atoms with Gasteiger partial charge in [-0.1, -0.05) is 38.1 Å². The summed E-state index contributed by atoms with van der Waals surface area (Å²) in [7, 11) is 1.49. The number of aliphatic hydroxyl groups is 1. The molecule has 1 unspecified atom stereocenters. The number of amides is 1. The van der Waals surface area contributed by atoms with Gasteiger partial charge in [-0.25, -0.2) is 0 Å². The Labute approximate surface area is 186 Å². The molecule has 1 aliphatic rings. The fourth-order valence-electron chi connectivity index (χ4n) is 3.97. The summed E-state index contributed by atoms with van der Waals surface area (Å²) in [5, 5.41) is 11.2. The zero-order valence-corrected chi connectivity index (χ0v) is 18.1. The van der Waals surface area contributed by atoms with Gasteiger partial charge in [-0.2, -0.15) is 0 Å². The van der Waals surface area contributed by atoms with Crippen LogP contribution in [0.2, 0.25) is 0 Å². The van der Waals surface area contributed by atoms with Crippen LogP contribution in [0.4, 0.5) is 5.69 Å². The predicted molar refractivity (Wildman–Crippen MR) is 123 cm³/mol. The van der Waals surface area contributed by atoms with Crippen molar-refractivity contribution < 1.29 is 19.4 Å². The summed E-state index contributed by atoms with van der Waals surface area (Å²) in [5.74, 6) is -0.973. The Hall–Kier alpha value is -3.93. The molecular formula is C26H24N2O4. The van der Waals surface area contributed by atoms with Crippen LogP contribution in [0.15, 0.2) is 78.6 Å². The van der Waals surface area contributed by atoms with E-state index >= 15 is 0 Å². The highest BCUT2D eigenvalue weighted by Crippen LogP contribution is 2.43. The number of benzene rings is 2. The van der Waals surface area contributed by atoms with Crippen molar-refractivity contribution in [3.63, 3.8) is 0 Å². The summed E-state index contributed by atoms with van der Waals surface area (Å²) in [6.45, 7) is 4.18. The molecule has 0 bridgehead atoms. The van der Waals surface area contributed by atoms with Crippen molar-refractivity contribution in [3.8, 4) is 5.75 Å². The quantitative estimate of drug-likeness (QED) is 0.357. The third-order valence-electron chi connectivity index (χ3n) is 5.67. The molecule has 2 aromatic carbocycles. The lowest BCUT2D eigenvalue weighted by Gasteiger charge is -2.25. The molecule has 4 rings (SSSR count). The lowest BCUT2D eigenvalue weighted by Crippen LogP contribution is -2.29. The number of carbonyl (C=O) groups excluding carboxylic acids is 2. The largest absolute Gasteiger partial charge is 0.507 e. The van der Waals surface area contributed by atoms with E-state index in [-0.39, 0.29) is 11.3 Å². The van der Waals surface area contributed by atoms with Crippen molar-refractivity contribution >= 4 is 23.1 Å². The van der Waals surface area contributed by atoms with Crippen LogP contribution >= 0.6 is 0 Å². The number of pyridine rings is 1. The van der Waals surface area contributed by atoms with Gasteiger partial charge in [0.15, 0.2) is 0 Å². The molecule has 6 heteroatoms. The smallest absolute Gasteiger partial charge is 0.300 e. The number of aliphatic hydroxyl groups excluding tert-OH is 1. The summed E-state index contributed by atoms with van der Waals surface area (Å²) in [5.41, 5.74) is 2.74. The first-order valence-corrected chi connectivity index (χ1v) is 10.4. The van der Waals surface area contributed by atoms with Crippen molar-refractivity contribution in [2.45, 2.75) is 25.8 Å². The minimum atomic E-state index is -0.798. The number of rotatable bonds is 5. The third-order valence-corrected chi connectivity index (χ3v) is 5.67. The highest BCUT2D eigenvalue weighted by molar-refractivity contribution is 6.51. The highest BCUT2D eigenvalue weighted by Gasteiger charge is 2.47. The van der Waals surface area contributed by atoms with E-state index in [1.807, 2.05) is 24.3 Å². The van der Waals surface area contributed by atoms with Gasteiger partial charge in [0.2, 0.25) is 0 Å². The van der Waals surface area contributed by atoms with Crippen LogP contribution in [0.3, 0.4) is 0 Å². The summed E-state index contributed by atoms with van der Waals surface area (Å²) >= 11 is 0. The molecule has 6 nitrogen and oxygen atoms in total. The molecule has 2 heterocycles. The monoisotopic (exact) mass is 428 g/mol. The van der Waals surface area contributed by atoms with Gasteiger partial charge in [0, 0.05) is 18.1 Å². The summed E-state index contributed by atoms with van der Waals surface area (Å²) in [6.07, 6.45) is 3.20. The van der Waals surface area contributed by atoms with Crippen LogP contribution in [0.25, 0.3) is 5.76 Å². The first-order valence-electron chi connectivity index (χ1n) is 10.4. The van der Waals surface area contributed by atoms with E-state index in [0.29, 0.717) is 28.5 Å². The lowest BCUT2D eigenvalue weighted by molar-refractivity contribution is -0.132. The number of methoxy groups -OCH3 is 1. The summed E-state index contributed by atoms with van der Waals surface area (Å²) in [6, 6.07) is 17.1. The first-order chi connectivity index (χ1) is 15.4. The van der Waals surface area contributed by atoms with E-state index in [4.69, 9.17) is 4.74 Å². The van der Waals surface area contributed by atoms with Crippen molar-refractivity contribution in [1.82, 2.24) is 4.98 Å². The first kappa shape index (κ1) is 21.3. The maximum atomic E-state index is 13.2. The Bertz CT molecular complexity index is 1180. The fraction of sp³-hybridized carbons (Fsp3) is 0.192. The molecule has 0 radical (unpaired) electrons. The molecule has 1 aromatic heterocycles. The number of ether oxygens (including phenoxy) is 1. The Morgan fingerprint density at radius 3 is 2.28 bits per heavy atom. The molecule has 162 valence electrons. The number of para-hydroxylation sites is 1. The van der Waals surface area contributed by atoms with Crippen molar-refractivity contribution in [1.29, 1.82) is 0 Å². The van der Waals surface area contributed by atoms with E-state index < -0.39 is 17.7 Å². The van der Waals surface area contributed by atoms with Crippen molar-refractivity contribution in [2.75, 3.05) is 12.0 Å². The Morgan fingerprint density at radius 1 is 1.00 bits per heavy atom. The number of Topliss-reactive ketones (excluding diaryl/α,β-unsaturated/α-hetero) is 1. The predicted octanol–water partition coefficient (Wildman–Crippen LogP) is 4.84. The zero-order chi connectivity index (χ0) is 22.8. The molecule has 0 aliphatic carbocycles. The number of anilines is 1. The van der Waals surface area contributed by atoms with Crippen molar-refractivity contribution in [2.24, 2.45) is 0 Å². The standard InChI is InChI=1S/C26H24N2O4/c1-16(2)17-8-10-19(11-9-17)28-23(18-12-14-27-15-13-18)22(25(30)26(28)31)24(29)20-6-4-5-7-21(20)32-3/h4-16,23,29H,1-3H3/b24-22-. The summed E-state index contributed by atoms with van der Waals surface area (Å²) < 4.78 is 5.36. The molecule has 1 fully saturated rings. The van der Waals surface area contributed by atoms with E-state index in [1.54, 1.807) is 48.8 Å². The number of ketones is 1. The number of aromatic nitrogens is 1. The number of carbonyl (C=O) groups is 2. The van der Waals surface area contributed by atoms with Gasteiger partial charge >= 0.3 is 0 Å². The van der Waals surface area contributed by atoms with Gasteiger partial charge in [-0.05, 0) is 53.4 Å². The Morgan fingerprint density at radius 2 is 1.66 bits per heavy atom. The average molecular weight is 428 g/mol. The highest BCUT2D eigenvalue weighted by atomic mass is 16.5. The molecule has 1 aliphatic heterocycles. The molecule has 3 aromatic rings. The Kier molecular flexibility index (Phi) is 5.77. The van der Waals surface area contributed by atoms with Crippen LogP contribution in [-0.2, 0) is 9.59 Å². The summed E-state index contributed by atoms with van der Waals surface area (Å²) in [4.78, 5) is 31.9. The topological polar surface area (TPSA) is 79.7 Å². The van der Waals surface area contributed by atoms with E-state index in [1.165, 1.54) is 12.0 Å².